The lowest BCUT2D eigenvalue weighted by Gasteiger charge is -2.23. The summed E-state index contributed by atoms with van der Waals surface area (Å²) in [5.74, 6) is 0.963. The fourth-order valence-electron chi connectivity index (χ4n) is 2.44. The summed E-state index contributed by atoms with van der Waals surface area (Å²) < 4.78 is 5.49. The number of nitrogens with two attached hydrogens (primary N) is 1. The van der Waals surface area contributed by atoms with Gasteiger partial charge in [0, 0.05) is 0 Å². The van der Waals surface area contributed by atoms with Crippen molar-refractivity contribution in [2.45, 2.75) is 57.6 Å². The molecule has 1 aromatic rings. The summed E-state index contributed by atoms with van der Waals surface area (Å²) >= 11 is 0. The number of hydrogen-bond donors (Lipinski definition) is 3. The van der Waals surface area contributed by atoms with Gasteiger partial charge in [0.2, 0.25) is 5.88 Å². The molecule has 0 radical (unpaired) electrons. The third-order valence-corrected chi connectivity index (χ3v) is 3.59. The van der Waals surface area contributed by atoms with Crippen LogP contribution in [0, 0.1) is 0 Å². The Hall–Kier alpha value is -1.56. The van der Waals surface area contributed by atoms with Crippen molar-refractivity contribution in [2.75, 3.05) is 17.7 Å². The average Bonchev–Trinajstić information content (AvgIpc) is 2.65. The Morgan fingerprint density at radius 3 is 2.95 bits per heavy atom. The molecule has 1 aliphatic carbocycles. The van der Waals surface area contributed by atoms with Crippen LogP contribution in [0.3, 0.4) is 0 Å². The van der Waals surface area contributed by atoms with E-state index in [-0.39, 0.29) is 12.1 Å². The normalized spacial score (nSPS) is 23.1. The molecular weight excluding hydrogens is 256 g/mol. The van der Waals surface area contributed by atoms with E-state index in [1.807, 2.05) is 6.92 Å². The highest BCUT2D eigenvalue weighted by atomic mass is 16.5. The zero-order valence-corrected chi connectivity index (χ0v) is 12.0. The number of ether oxygens (including phenoxy) is 1. The van der Waals surface area contributed by atoms with E-state index in [9.17, 15) is 5.11 Å². The largest absolute Gasteiger partial charge is 0.476 e. The third kappa shape index (κ3) is 3.72. The van der Waals surface area contributed by atoms with Crippen LogP contribution in [0.15, 0.2) is 6.33 Å². The van der Waals surface area contributed by atoms with E-state index in [2.05, 4.69) is 15.3 Å². The molecular formula is C14H24N4O2. The maximum atomic E-state index is 10.1. The minimum Gasteiger partial charge on any atom is -0.476 e. The van der Waals surface area contributed by atoms with E-state index in [1.165, 1.54) is 12.7 Å². The predicted molar refractivity (Wildman–Crippen MR) is 78.7 cm³/mol. The van der Waals surface area contributed by atoms with Gasteiger partial charge in [0.1, 0.15) is 12.0 Å². The van der Waals surface area contributed by atoms with Gasteiger partial charge in [-0.3, -0.25) is 0 Å². The van der Waals surface area contributed by atoms with Crippen molar-refractivity contribution < 1.29 is 9.84 Å². The number of rotatable bonds is 5. The van der Waals surface area contributed by atoms with E-state index in [4.69, 9.17) is 10.5 Å². The van der Waals surface area contributed by atoms with E-state index in [0.29, 0.717) is 24.0 Å². The second-order valence-electron chi connectivity index (χ2n) is 5.25. The molecule has 1 fully saturated rings. The zero-order valence-electron chi connectivity index (χ0n) is 12.0. The molecule has 112 valence electrons. The van der Waals surface area contributed by atoms with Gasteiger partial charge in [-0.05, 0) is 19.3 Å². The van der Waals surface area contributed by atoms with E-state index < -0.39 is 0 Å². The van der Waals surface area contributed by atoms with Gasteiger partial charge in [0.05, 0.1) is 18.8 Å². The molecule has 2 rings (SSSR count). The quantitative estimate of drug-likeness (QED) is 0.714. The summed E-state index contributed by atoms with van der Waals surface area (Å²) in [4.78, 5) is 8.21. The number of aliphatic hydroxyl groups excluding tert-OH is 1. The Bertz CT molecular complexity index is 428. The van der Waals surface area contributed by atoms with Crippen molar-refractivity contribution in [1.82, 2.24) is 9.97 Å². The lowest BCUT2D eigenvalue weighted by atomic mass is 10.1. The van der Waals surface area contributed by atoms with Gasteiger partial charge in [0.25, 0.3) is 0 Å². The van der Waals surface area contributed by atoms with Gasteiger partial charge in [-0.2, -0.15) is 4.98 Å². The zero-order chi connectivity index (χ0) is 14.4. The maximum absolute atomic E-state index is 10.1. The molecule has 1 aromatic heterocycles. The van der Waals surface area contributed by atoms with Crippen LogP contribution >= 0.6 is 0 Å². The van der Waals surface area contributed by atoms with Crippen molar-refractivity contribution in [3.8, 4) is 5.88 Å². The number of anilines is 2. The lowest BCUT2D eigenvalue weighted by Crippen LogP contribution is -2.33. The molecule has 0 aromatic carbocycles. The highest BCUT2D eigenvalue weighted by Crippen LogP contribution is 2.28. The monoisotopic (exact) mass is 280 g/mol. The van der Waals surface area contributed by atoms with Crippen LogP contribution in [-0.4, -0.2) is 33.8 Å². The second kappa shape index (κ2) is 7.28. The first-order valence-electron chi connectivity index (χ1n) is 7.40. The van der Waals surface area contributed by atoms with Crippen molar-refractivity contribution >= 4 is 11.5 Å². The summed E-state index contributed by atoms with van der Waals surface area (Å²) in [7, 11) is 0. The van der Waals surface area contributed by atoms with E-state index >= 15 is 0 Å². The molecule has 2 atom stereocenters. The number of nitrogen functional groups attached to an aromatic ring is 1. The van der Waals surface area contributed by atoms with Crippen molar-refractivity contribution in [1.29, 1.82) is 0 Å². The van der Waals surface area contributed by atoms with Crippen LogP contribution in [-0.2, 0) is 0 Å². The Morgan fingerprint density at radius 1 is 1.35 bits per heavy atom. The first-order valence-corrected chi connectivity index (χ1v) is 7.40. The minimum atomic E-state index is -0.355. The fraction of sp³-hybridized carbons (Fsp3) is 0.714. The standard InChI is InChI=1S/C14H24N4O2/c1-2-8-20-14-12(15)13(16-9-17-14)18-10-6-4-3-5-7-11(10)19/h9-11,19H,2-8,15H2,1H3,(H,16,17,18). The van der Waals surface area contributed by atoms with Crippen LogP contribution < -0.4 is 15.8 Å². The molecule has 6 nitrogen and oxygen atoms in total. The first kappa shape index (κ1) is 14.8. The number of aromatic nitrogens is 2. The van der Waals surface area contributed by atoms with Gasteiger partial charge >= 0.3 is 0 Å². The van der Waals surface area contributed by atoms with Crippen LogP contribution in [0.5, 0.6) is 5.88 Å². The van der Waals surface area contributed by atoms with Crippen LogP contribution in [0.2, 0.25) is 0 Å². The van der Waals surface area contributed by atoms with Gasteiger partial charge in [-0.15, -0.1) is 0 Å². The molecule has 1 heterocycles. The lowest BCUT2D eigenvalue weighted by molar-refractivity contribution is 0.144. The Labute approximate surface area is 119 Å². The van der Waals surface area contributed by atoms with Crippen LogP contribution in [0.1, 0.15) is 45.4 Å². The van der Waals surface area contributed by atoms with Crippen LogP contribution in [0.25, 0.3) is 0 Å². The Morgan fingerprint density at radius 2 is 2.15 bits per heavy atom. The molecule has 0 bridgehead atoms. The molecule has 1 aliphatic rings. The summed E-state index contributed by atoms with van der Waals surface area (Å²) in [6.07, 6.45) is 7.08. The molecule has 0 aliphatic heterocycles. The molecule has 20 heavy (non-hydrogen) atoms. The number of hydrogen-bond acceptors (Lipinski definition) is 6. The molecule has 0 saturated heterocycles. The number of nitrogens with one attached hydrogen (secondary N) is 1. The fourth-order valence-corrected chi connectivity index (χ4v) is 2.44. The molecule has 2 unspecified atom stereocenters. The van der Waals surface area contributed by atoms with Crippen molar-refractivity contribution in [3.05, 3.63) is 6.33 Å². The maximum Gasteiger partial charge on any atom is 0.242 e. The van der Waals surface area contributed by atoms with Gasteiger partial charge in [-0.1, -0.05) is 26.2 Å². The minimum absolute atomic E-state index is 0.00581. The van der Waals surface area contributed by atoms with E-state index in [1.54, 1.807) is 0 Å². The summed E-state index contributed by atoms with van der Waals surface area (Å²) in [6, 6.07) is -0.00581. The van der Waals surface area contributed by atoms with Gasteiger partial charge < -0.3 is 20.9 Å². The SMILES string of the molecule is CCCOc1ncnc(NC2CCCCCC2O)c1N. The molecule has 0 spiro atoms. The molecule has 4 N–H and O–H groups in total. The molecule has 0 amide bonds. The second-order valence-corrected chi connectivity index (χ2v) is 5.25. The predicted octanol–water partition coefficient (Wildman–Crippen LogP) is 1.95. The Balaban J connectivity index is 2.07. The summed E-state index contributed by atoms with van der Waals surface area (Å²) in [6.45, 7) is 2.60. The Kier molecular flexibility index (Phi) is 5.40. The highest BCUT2D eigenvalue weighted by Gasteiger charge is 2.23. The van der Waals surface area contributed by atoms with E-state index in [0.717, 1.165) is 32.1 Å². The first-order chi connectivity index (χ1) is 9.72. The highest BCUT2D eigenvalue weighted by molar-refractivity contribution is 5.66. The number of nitrogens with zero attached hydrogens (tertiary/aromatic N) is 2. The van der Waals surface area contributed by atoms with Gasteiger partial charge in [0.15, 0.2) is 5.82 Å². The number of aliphatic hydroxyl groups is 1. The van der Waals surface area contributed by atoms with Gasteiger partial charge in [-0.25, -0.2) is 4.98 Å². The van der Waals surface area contributed by atoms with Crippen molar-refractivity contribution in [2.24, 2.45) is 0 Å². The molecule has 1 saturated carbocycles. The van der Waals surface area contributed by atoms with Crippen molar-refractivity contribution in [3.63, 3.8) is 0 Å². The summed E-state index contributed by atoms with van der Waals surface area (Å²) in [5, 5.41) is 13.4. The topological polar surface area (TPSA) is 93.3 Å². The van der Waals surface area contributed by atoms with Crippen LogP contribution in [0.4, 0.5) is 11.5 Å². The smallest absolute Gasteiger partial charge is 0.242 e. The average molecular weight is 280 g/mol. The molecule has 6 heteroatoms. The third-order valence-electron chi connectivity index (χ3n) is 3.59. The summed E-state index contributed by atoms with van der Waals surface area (Å²) in [5.41, 5.74) is 6.45.